The van der Waals surface area contributed by atoms with Crippen molar-refractivity contribution in [3.05, 3.63) is 89.9 Å². The molecule has 3 aromatic rings. The van der Waals surface area contributed by atoms with Gasteiger partial charge in [-0.1, -0.05) is 42.5 Å². The third-order valence-electron chi connectivity index (χ3n) is 5.50. The van der Waals surface area contributed by atoms with Crippen LogP contribution in [0.5, 0.6) is 0 Å². The van der Waals surface area contributed by atoms with E-state index in [9.17, 15) is 18.0 Å². The molecule has 0 saturated carbocycles. The summed E-state index contributed by atoms with van der Waals surface area (Å²) in [6, 6.07) is 19.2. The van der Waals surface area contributed by atoms with Crippen LogP contribution in [0.2, 0.25) is 0 Å². The van der Waals surface area contributed by atoms with Gasteiger partial charge in [0.15, 0.2) is 15.6 Å². The number of furan rings is 1. The molecular weight excluding hydrogens is 442 g/mol. The molecule has 4 rings (SSSR count). The van der Waals surface area contributed by atoms with Crippen molar-refractivity contribution in [1.82, 2.24) is 10.2 Å². The number of nitrogens with zero attached hydrogens (tertiary/aromatic N) is 1. The number of carbonyl (C=O) groups is 2. The summed E-state index contributed by atoms with van der Waals surface area (Å²) in [6.45, 7) is 0.881. The standard InChI is InChI=1S/C24H25N3O5S/c28-23(21-10-5-13-32-21)26-20-9-4-6-18(16-20)17-25-24(29)22(19-7-2-1-3-8-19)27-11-14-33(30,31)15-12-27/h1-10,13,16,22H,11-12,14-15,17H2,(H,25,29)(H,26,28). The van der Waals surface area contributed by atoms with Gasteiger partial charge in [0.1, 0.15) is 6.04 Å². The number of nitrogens with one attached hydrogen (secondary N) is 2. The van der Waals surface area contributed by atoms with Crippen LogP contribution in [0.4, 0.5) is 5.69 Å². The third kappa shape index (κ3) is 5.88. The van der Waals surface area contributed by atoms with Crippen LogP contribution in [0.25, 0.3) is 0 Å². The molecule has 8 nitrogen and oxygen atoms in total. The molecule has 2 N–H and O–H groups in total. The molecule has 1 aliphatic rings. The Labute approximate surface area is 192 Å². The van der Waals surface area contributed by atoms with Crippen LogP contribution in [0.3, 0.4) is 0 Å². The molecule has 2 aromatic carbocycles. The first-order chi connectivity index (χ1) is 15.9. The number of sulfone groups is 1. The Morgan fingerprint density at radius 2 is 1.73 bits per heavy atom. The van der Waals surface area contributed by atoms with Gasteiger partial charge < -0.3 is 15.1 Å². The number of amides is 2. The van der Waals surface area contributed by atoms with Gasteiger partial charge in [-0.25, -0.2) is 8.42 Å². The molecule has 1 unspecified atom stereocenters. The minimum atomic E-state index is -3.06. The van der Waals surface area contributed by atoms with Gasteiger partial charge in [0.25, 0.3) is 5.91 Å². The molecule has 2 amide bonds. The molecule has 1 aromatic heterocycles. The molecule has 1 fully saturated rings. The molecule has 2 heterocycles. The van der Waals surface area contributed by atoms with E-state index in [0.717, 1.165) is 11.1 Å². The molecule has 1 aliphatic heterocycles. The number of benzene rings is 2. The zero-order valence-corrected chi connectivity index (χ0v) is 18.8. The van der Waals surface area contributed by atoms with Crippen molar-refractivity contribution >= 4 is 27.3 Å². The van der Waals surface area contributed by atoms with Crippen molar-refractivity contribution in [1.29, 1.82) is 0 Å². The van der Waals surface area contributed by atoms with E-state index in [4.69, 9.17) is 4.42 Å². The van der Waals surface area contributed by atoms with E-state index in [-0.39, 0.29) is 35.6 Å². The van der Waals surface area contributed by atoms with E-state index in [1.54, 1.807) is 30.3 Å². The van der Waals surface area contributed by atoms with E-state index in [1.165, 1.54) is 6.26 Å². The van der Waals surface area contributed by atoms with Crippen molar-refractivity contribution in [2.75, 3.05) is 29.9 Å². The minimum absolute atomic E-state index is 0.0427. The van der Waals surface area contributed by atoms with E-state index in [1.807, 2.05) is 41.3 Å². The van der Waals surface area contributed by atoms with Crippen LogP contribution in [0, 0.1) is 0 Å². The van der Waals surface area contributed by atoms with E-state index in [2.05, 4.69) is 10.6 Å². The van der Waals surface area contributed by atoms with Crippen LogP contribution in [0.1, 0.15) is 27.7 Å². The Morgan fingerprint density at radius 3 is 2.42 bits per heavy atom. The number of carbonyl (C=O) groups excluding carboxylic acids is 2. The fourth-order valence-electron chi connectivity index (χ4n) is 3.79. The highest BCUT2D eigenvalue weighted by molar-refractivity contribution is 7.91. The number of hydrogen-bond acceptors (Lipinski definition) is 6. The van der Waals surface area contributed by atoms with Gasteiger partial charge in [-0.05, 0) is 35.4 Å². The Hall–Kier alpha value is -3.43. The molecule has 172 valence electrons. The Kier molecular flexibility index (Phi) is 6.90. The van der Waals surface area contributed by atoms with Crippen molar-refractivity contribution in [3.8, 4) is 0 Å². The van der Waals surface area contributed by atoms with Crippen LogP contribution in [0.15, 0.2) is 77.4 Å². The highest BCUT2D eigenvalue weighted by Gasteiger charge is 2.32. The monoisotopic (exact) mass is 467 g/mol. The van der Waals surface area contributed by atoms with Gasteiger partial charge in [0, 0.05) is 25.3 Å². The molecule has 1 atom stereocenters. The molecule has 1 saturated heterocycles. The van der Waals surface area contributed by atoms with Crippen molar-refractivity contribution in [2.45, 2.75) is 12.6 Å². The summed E-state index contributed by atoms with van der Waals surface area (Å²) in [5, 5.41) is 5.73. The SMILES string of the molecule is O=C(Nc1cccc(CNC(=O)C(c2ccccc2)N2CCS(=O)(=O)CC2)c1)c1ccco1. The van der Waals surface area contributed by atoms with E-state index in [0.29, 0.717) is 18.8 Å². The lowest BCUT2D eigenvalue weighted by molar-refractivity contribution is -0.126. The molecule has 0 spiro atoms. The van der Waals surface area contributed by atoms with Gasteiger partial charge >= 0.3 is 0 Å². The predicted octanol–water partition coefficient (Wildman–Crippen LogP) is 2.62. The summed E-state index contributed by atoms with van der Waals surface area (Å²) in [4.78, 5) is 27.3. The number of rotatable bonds is 7. The first-order valence-corrected chi connectivity index (χ1v) is 12.4. The largest absolute Gasteiger partial charge is 0.459 e. The fourth-order valence-corrected chi connectivity index (χ4v) is 5.02. The Bertz CT molecular complexity index is 1200. The lowest BCUT2D eigenvalue weighted by Crippen LogP contribution is -2.47. The van der Waals surface area contributed by atoms with Gasteiger partial charge in [-0.2, -0.15) is 0 Å². The van der Waals surface area contributed by atoms with E-state index >= 15 is 0 Å². The predicted molar refractivity (Wildman–Crippen MR) is 124 cm³/mol. The molecule has 0 aliphatic carbocycles. The highest BCUT2D eigenvalue weighted by atomic mass is 32.2. The van der Waals surface area contributed by atoms with Crippen LogP contribution in [-0.4, -0.2) is 49.7 Å². The maximum Gasteiger partial charge on any atom is 0.291 e. The summed E-state index contributed by atoms with van der Waals surface area (Å²) in [5.41, 5.74) is 2.21. The lowest BCUT2D eigenvalue weighted by atomic mass is 10.0. The molecule has 0 bridgehead atoms. The van der Waals surface area contributed by atoms with Gasteiger partial charge in [-0.3, -0.25) is 14.5 Å². The zero-order chi connectivity index (χ0) is 23.3. The summed E-state index contributed by atoms with van der Waals surface area (Å²) in [5.74, 6) is -0.263. The van der Waals surface area contributed by atoms with Gasteiger partial charge in [0.2, 0.25) is 5.91 Å². The average molecular weight is 468 g/mol. The molecule has 9 heteroatoms. The number of hydrogen-bond donors (Lipinski definition) is 2. The summed E-state index contributed by atoms with van der Waals surface area (Å²) >= 11 is 0. The third-order valence-corrected chi connectivity index (χ3v) is 7.11. The molecule has 33 heavy (non-hydrogen) atoms. The van der Waals surface area contributed by atoms with Crippen molar-refractivity contribution in [3.63, 3.8) is 0 Å². The van der Waals surface area contributed by atoms with Gasteiger partial charge in [-0.15, -0.1) is 0 Å². The quantitative estimate of drug-likeness (QED) is 0.553. The van der Waals surface area contributed by atoms with Gasteiger partial charge in [0.05, 0.1) is 17.8 Å². The summed E-state index contributed by atoms with van der Waals surface area (Å²) in [7, 11) is -3.06. The minimum Gasteiger partial charge on any atom is -0.459 e. The first-order valence-electron chi connectivity index (χ1n) is 10.6. The first kappa shape index (κ1) is 22.8. The summed E-state index contributed by atoms with van der Waals surface area (Å²) < 4.78 is 28.8. The van der Waals surface area contributed by atoms with Crippen LogP contribution >= 0.6 is 0 Å². The van der Waals surface area contributed by atoms with Crippen LogP contribution < -0.4 is 10.6 Å². The van der Waals surface area contributed by atoms with Crippen LogP contribution in [-0.2, 0) is 21.2 Å². The second kappa shape index (κ2) is 10.0. The lowest BCUT2D eigenvalue weighted by Gasteiger charge is -2.33. The van der Waals surface area contributed by atoms with Crippen molar-refractivity contribution < 1.29 is 22.4 Å². The molecular formula is C24H25N3O5S. The molecule has 0 radical (unpaired) electrons. The maximum atomic E-state index is 13.2. The second-order valence-electron chi connectivity index (χ2n) is 7.85. The highest BCUT2D eigenvalue weighted by Crippen LogP contribution is 2.23. The maximum absolute atomic E-state index is 13.2. The smallest absolute Gasteiger partial charge is 0.291 e. The Morgan fingerprint density at radius 1 is 0.970 bits per heavy atom. The second-order valence-corrected chi connectivity index (χ2v) is 10.2. The van der Waals surface area contributed by atoms with E-state index < -0.39 is 15.9 Å². The number of anilines is 1. The normalized spacial score (nSPS) is 16.6. The fraction of sp³-hybridized carbons (Fsp3) is 0.250. The summed E-state index contributed by atoms with van der Waals surface area (Å²) in [6.07, 6.45) is 1.43. The zero-order valence-electron chi connectivity index (χ0n) is 17.9. The topological polar surface area (TPSA) is 109 Å². The average Bonchev–Trinajstić information content (AvgIpc) is 3.35. The van der Waals surface area contributed by atoms with Crippen molar-refractivity contribution in [2.24, 2.45) is 0 Å². The Balaban J connectivity index is 1.44.